The molecule has 0 amide bonds. The van der Waals surface area contributed by atoms with E-state index in [1.807, 2.05) is 0 Å². The first-order chi connectivity index (χ1) is 40.1. The van der Waals surface area contributed by atoms with Crippen molar-refractivity contribution in [3.8, 4) is 78.6 Å². The molecular formula is C80H60N2. The molecule has 0 atom stereocenters. The van der Waals surface area contributed by atoms with Crippen LogP contribution in [0.25, 0.3) is 66.8 Å². The number of anilines is 6. The van der Waals surface area contributed by atoms with E-state index in [0.29, 0.717) is 0 Å². The fourth-order valence-corrected chi connectivity index (χ4v) is 12.7. The zero-order valence-corrected chi connectivity index (χ0v) is 46.6. The van der Waals surface area contributed by atoms with Gasteiger partial charge in [-0.3, -0.25) is 0 Å². The Morgan fingerprint density at radius 1 is 0.220 bits per heavy atom. The van der Waals surface area contributed by atoms with E-state index in [-0.39, 0.29) is 10.8 Å². The molecule has 0 saturated heterocycles. The number of hydrogen-bond acceptors (Lipinski definition) is 2. The first-order valence-corrected chi connectivity index (χ1v) is 28.5. The van der Waals surface area contributed by atoms with Gasteiger partial charge in [-0.1, -0.05) is 234 Å². The summed E-state index contributed by atoms with van der Waals surface area (Å²) < 4.78 is 0. The molecule has 2 aliphatic carbocycles. The third-order valence-corrected chi connectivity index (χ3v) is 17.1. The molecule has 12 aromatic rings. The Bertz CT molecular complexity index is 3930. The monoisotopic (exact) mass is 1050 g/mol. The first kappa shape index (κ1) is 50.0. The normalized spacial score (nSPS) is 13.0. The maximum Gasteiger partial charge on any atom is 0.0465 e. The molecule has 2 heteroatoms. The Hall–Kier alpha value is -10.2. The number of benzene rings is 12. The molecule has 2 nitrogen and oxygen atoms in total. The second kappa shape index (κ2) is 20.5. The topological polar surface area (TPSA) is 6.48 Å². The summed E-state index contributed by atoms with van der Waals surface area (Å²) in [5.41, 5.74) is 28.1. The van der Waals surface area contributed by atoms with Gasteiger partial charge < -0.3 is 9.80 Å². The highest BCUT2D eigenvalue weighted by molar-refractivity contribution is 5.89. The van der Waals surface area contributed by atoms with E-state index in [0.717, 1.165) is 45.3 Å². The molecule has 0 unspecified atom stereocenters. The van der Waals surface area contributed by atoms with Crippen LogP contribution in [-0.4, -0.2) is 0 Å². The molecule has 0 heterocycles. The fourth-order valence-electron chi connectivity index (χ4n) is 12.7. The van der Waals surface area contributed by atoms with Gasteiger partial charge in [0.25, 0.3) is 0 Å². The highest BCUT2D eigenvalue weighted by atomic mass is 15.1. The molecule has 12 aromatic carbocycles. The van der Waals surface area contributed by atoms with Crippen molar-refractivity contribution in [3.05, 3.63) is 325 Å². The molecule has 0 N–H and O–H groups in total. The minimum atomic E-state index is -0.257. The SMILES string of the molecule is CC1(C)c2cc(C#Cc3ccc4c(c3)C(C)(C)c3cc(N(c5ccc(-c6ccccc6)cc5)c5ccc(-c6ccccc6)cc5)ccc3-4)ccc2-c2ccc(N(c3ccc(-c4ccccc4)cc3)c3ccc(-c4ccccc4)cc3)cc21. The Morgan fingerprint density at radius 2 is 0.439 bits per heavy atom. The van der Waals surface area contributed by atoms with Gasteiger partial charge in [0.15, 0.2) is 0 Å². The first-order valence-electron chi connectivity index (χ1n) is 28.5. The van der Waals surface area contributed by atoms with Crippen LogP contribution in [-0.2, 0) is 10.8 Å². The van der Waals surface area contributed by atoms with Crippen molar-refractivity contribution in [2.75, 3.05) is 9.80 Å². The molecule has 0 spiro atoms. The molecule has 0 radical (unpaired) electrons. The van der Waals surface area contributed by atoms with Crippen LogP contribution >= 0.6 is 0 Å². The Balaban J connectivity index is 0.754. The molecule has 0 fully saturated rings. The van der Waals surface area contributed by atoms with Crippen molar-refractivity contribution >= 4 is 34.1 Å². The zero-order valence-electron chi connectivity index (χ0n) is 46.6. The van der Waals surface area contributed by atoms with Gasteiger partial charge >= 0.3 is 0 Å². The van der Waals surface area contributed by atoms with Gasteiger partial charge in [0.2, 0.25) is 0 Å². The highest BCUT2D eigenvalue weighted by Gasteiger charge is 2.38. The van der Waals surface area contributed by atoms with Crippen molar-refractivity contribution in [1.29, 1.82) is 0 Å². The third-order valence-electron chi connectivity index (χ3n) is 17.1. The molecule has 0 aliphatic heterocycles. The number of hydrogen-bond donors (Lipinski definition) is 0. The lowest BCUT2D eigenvalue weighted by Crippen LogP contribution is -2.17. The Kier molecular flexibility index (Phi) is 12.5. The second-order valence-corrected chi connectivity index (χ2v) is 22.8. The predicted molar refractivity (Wildman–Crippen MR) is 345 cm³/mol. The molecule has 0 saturated carbocycles. The van der Waals surface area contributed by atoms with Crippen LogP contribution in [0.5, 0.6) is 0 Å². The van der Waals surface area contributed by atoms with Crippen molar-refractivity contribution in [3.63, 3.8) is 0 Å². The van der Waals surface area contributed by atoms with E-state index >= 15 is 0 Å². The summed E-state index contributed by atoms with van der Waals surface area (Å²) in [4.78, 5) is 4.78. The van der Waals surface area contributed by atoms with Crippen LogP contribution in [0.1, 0.15) is 61.1 Å². The summed E-state index contributed by atoms with van der Waals surface area (Å²) in [5, 5.41) is 0. The van der Waals surface area contributed by atoms with Crippen LogP contribution < -0.4 is 9.80 Å². The smallest absolute Gasteiger partial charge is 0.0465 e. The van der Waals surface area contributed by atoms with Gasteiger partial charge in [-0.05, 0) is 186 Å². The van der Waals surface area contributed by atoms with Gasteiger partial charge in [0, 0.05) is 56.1 Å². The van der Waals surface area contributed by atoms with E-state index in [1.54, 1.807) is 0 Å². The second-order valence-electron chi connectivity index (χ2n) is 22.8. The molecule has 82 heavy (non-hydrogen) atoms. The Labute approximate surface area is 482 Å². The van der Waals surface area contributed by atoms with Gasteiger partial charge in [-0.25, -0.2) is 0 Å². The molecule has 0 bridgehead atoms. The largest absolute Gasteiger partial charge is 0.310 e. The Morgan fingerprint density at radius 3 is 0.707 bits per heavy atom. The van der Waals surface area contributed by atoms with Crippen LogP contribution in [0.2, 0.25) is 0 Å². The van der Waals surface area contributed by atoms with Crippen LogP contribution in [0.3, 0.4) is 0 Å². The van der Waals surface area contributed by atoms with Crippen molar-refractivity contribution in [2.24, 2.45) is 0 Å². The van der Waals surface area contributed by atoms with Gasteiger partial charge in [0.05, 0.1) is 0 Å². The summed E-state index contributed by atoms with van der Waals surface area (Å²) in [6.45, 7) is 9.45. The quantitative estimate of drug-likeness (QED) is 0.126. The van der Waals surface area contributed by atoms with E-state index in [1.165, 1.54) is 89.0 Å². The van der Waals surface area contributed by atoms with Crippen molar-refractivity contribution < 1.29 is 0 Å². The number of rotatable bonds is 10. The minimum Gasteiger partial charge on any atom is -0.310 e. The molecular weight excluding hydrogens is 989 g/mol. The summed E-state index contributed by atoms with van der Waals surface area (Å²) in [6, 6.07) is 106. The number of fused-ring (bicyclic) bond motifs is 6. The standard InChI is InChI=1S/C80H60N2/c1-79(2)75-51-55(27-47-71(75)73-49-45-69(53-77(73)79)81(65-37-29-61(30-38-65)57-17-9-5-10-18-57)66-39-31-62(32-40-66)58-19-11-6-12-20-58)25-26-56-28-48-72-74-50-46-70(54-78(74)80(3,4)76(72)52-56)82(67-41-33-63(34-42-67)59-21-13-7-14-22-59)68-43-35-64(36-44-68)60-23-15-8-16-24-60/h5-24,27-54H,1-4H3. The van der Waals surface area contributed by atoms with E-state index in [2.05, 4.69) is 341 Å². The van der Waals surface area contributed by atoms with E-state index < -0.39 is 0 Å². The lowest BCUT2D eigenvalue weighted by Gasteiger charge is -2.28. The summed E-state index contributed by atoms with van der Waals surface area (Å²) >= 11 is 0. The van der Waals surface area contributed by atoms with E-state index in [4.69, 9.17) is 0 Å². The van der Waals surface area contributed by atoms with Gasteiger partial charge in [-0.2, -0.15) is 0 Å². The van der Waals surface area contributed by atoms with Crippen LogP contribution in [0, 0.1) is 11.8 Å². The molecule has 14 rings (SSSR count). The molecule has 2 aliphatic rings. The van der Waals surface area contributed by atoms with Gasteiger partial charge in [-0.15, -0.1) is 0 Å². The molecule has 0 aromatic heterocycles. The van der Waals surface area contributed by atoms with Crippen LogP contribution in [0.4, 0.5) is 34.1 Å². The number of nitrogens with zero attached hydrogens (tertiary/aromatic N) is 2. The summed E-state index contributed by atoms with van der Waals surface area (Å²) in [7, 11) is 0. The minimum absolute atomic E-state index is 0.257. The lowest BCUT2D eigenvalue weighted by molar-refractivity contribution is 0.660. The zero-order chi connectivity index (χ0) is 55.4. The summed E-state index contributed by atoms with van der Waals surface area (Å²) in [6.07, 6.45) is 0. The third kappa shape index (κ3) is 9.08. The van der Waals surface area contributed by atoms with Crippen molar-refractivity contribution in [1.82, 2.24) is 0 Å². The average molecular weight is 1050 g/mol. The van der Waals surface area contributed by atoms with Gasteiger partial charge in [0.1, 0.15) is 0 Å². The van der Waals surface area contributed by atoms with Crippen molar-refractivity contribution in [2.45, 2.75) is 38.5 Å². The molecule has 390 valence electrons. The van der Waals surface area contributed by atoms with E-state index in [9.17, 15) is 0 Å². The summed E-state index contributed by atoms with van der Waals surface area (Å²) in [5.74, 6) is 7.25. The average Bonchev–Trinajstić information content (AvgIpc) is 4.13. The fraction of sp³-hybridized carbons (Fsp3) is 0.0750. The van der Waals surface area contributed by atoms with Crippen LogP contribution in [0.15, 0.2) is 291 Å². The maximum atomic E-state index is 3.62. The highest BCUT2D eigenvalue weighted by Crippen LogP contribution is 2.53. The maximum absolute atomic E-state index is 3.62. The predicted octanol–water partition coefficient (Wildman–Crippen LogP) is 21.3. The lowest BCUT2D eigenvalue weighted by atomic mass is 9.81.